The topological polar surface area (TPSA) is 0 Å². The Morgan fingerprint density at radius 3 is 2.10 bits per heavy atom. The van der Waals surface area contributed by atoms with Crippen LogP contribution in [0.3, 0.4) is 0 Å². The van der Waals surface area contributed by atoms with E-state index in [1.165, 1.54) is 0 Å². The summed E-state index contributed by atoms with van der Waals surface area (Å²) >= 11 is 6.14. The highest BCUT2D eigenvalue weighted by Crippen LogP contribution is 2.57. The van der Waals surface area contributed by atoms with Crippen molar-refractivity contribution in [1.82, 2.24) is 0 Å². The van der Waals surface area contributed by atoms with Crippen molar-refractivity contribution in [3.8, 4) is 0 Å². The van der Waals surface area contributed by atoms with Crippen molar-refractivity contribution in [1.29, 1.82) is 0 Å². The monoisotopic (exact) mass is 152 g/mol. The normalized spacial score (nSPS) is 60.7. The predicted molar refractivity (Wildman–Crippen MR) is 41.9 cm³/mol. The molecule has 52 valence electrons. The Balaban J connectivity index is 2.06. The molecule has 3 rings (SSSR count). The third-order valence-corrected chi connectivity index (χ3v) is 3.76. The Bertz CT molecular complexity index is 207. The second-order valence-electron chi connectivity index (χ2n) is 3.52. The molecular formula is C9H9Cl. The summed E-state index contributed by atoms with van der Waals surface area (Å²) in [5, 5.41) is 0.407. The molecule has 0 heterocycles. The Labute approximate surface area is 65.6 Å². The summed E-state index contributed by atoms with van der Waals surface area (Å²) in [6.45, 7) is 0. The second-order valence-corrected chi connectivity index (χ2v) is 4.03. The molecule has 0 aromatic heterocycles. The van der Waals surface area contributed by atoms with Crippen molar-refractivity contribution in [2.75, 3.05) is 0 Å². The van der Waals surface area contributed by atoms with E-state index in [1.807, 2.05) is 0 Å². The van der Waals surface area contributed by atoms with Gasteiger partial charge in [0.25, 0.3) is 0 Å². The largest absolute Gasteiger partial charge is 0.122 e. The van der Waals surface area contributed by atoms with Crippen LogP contribution in [0.1, 0.15) is 0 Å². The van der Waals surface area contributed by atoms with E-state index >= 15 is 0 Å². The lowest BCUT2D eigenvalue weighted by Crippen LogP contribution is -2.43. The first-order valence-corrected chi connectivity index (χ1v) is 4.32. The van der Waals surface area contributed by atoms with Gasteiger partial charge in [0.1, 0.15) is 0 Å². The average Bonchev–Trinajstić information content (AvgIpc) is 2.37. The van der Waals surface area contributed by atoms with Crippen molar-refractivity contribution in [2.24, 2.45) is 23.7 Å². The second kappa shape index (κ2) is 1.50. The van der Waals surface area contributed by atoms with Crippen LogP contribution in [-0.4, -0.2) is 5.38 Å². The molecule has 0 amide bonds. The highest BCUT2D eigenvalue weighted by atomic mass is 35.5. The molecule has 0 aromatic carbocycles. The molecular weight excluding hydrogens is 144 g/mol. The quantitative estimate of drug-likeness (QED) is 0.369. The minimum Gasteiger partial charge on any atom is -0.122 e. The minimum absolute atomic E-state index is 0.407. The summed E-state index contributed by atoms with van der Waals surface area (Å²) < 4.78 is 0. The summed E-state index contributed by atoms with van der Waals surface area (Å²) in [7, 11) is 0. The van der Waals surface area contributed by atoms with Crippen molar-refractivity contribution >= 4 is 11.6 Å². The van der Waals surface area contributed by atoms with Gasteiger partial charge >= 0.3 is 0 Å². The van der Waals surface area contributed by atoms with Gasteiger partial charge in [-0.3, -0.25) is 0 Å². The smallest absolute Gasteiger partial charge is 0.0467 e. The van der Waals surface area contributed by atoms with Crippen LogP contribution >= 0.6 is 11.6 Å². The zero-order chi connectivity index (χ0) is 6.72. The maximum absolute atomic E-state index is 6.14. The zero-order valence-electron chi connectivity index (χ0n) is 5.57. The third-order valence-electron chi connectivity index (χ3n) is 3.18. The van der Waals surface area contributed by atoms with Crippen molar-refractivity contribution < 1.29 is 0 Å². The van der Waals surface area contributed by atoms with E-state index in [0.717, 1.165) is 11.8 Å². The van der Waals surface area contributed by atoms with Crippen LogP contribution in [0.2, 0.25) is 0 Å². The molecule has 0 aliphatic heterocycles. The molecule has 3 unspecified atom stereocenters. The molecule has 0 radical (unpaired) electrons. The van der Waals surface area contributed by atoms with Gasteiger partial charge in [0.2, 0.25) is 0 Å². The molecule has 0 spiro atoms. The van der Waals surface area contributed by atoms with E-state index in [9.17, 15) is 0 Å². The molecule has 0 bridgehead atoms. The van der Waals surface area contributed by atoms with Gasteiger partial charge in [-0.2, -0.15) is 0 Å². The summed E-state index contributed by atoms with van der Waals surface area (Å²) in [6, 6.07) is 0. The fourth-order valence-electron chi connectivity index (χ4n) is 2.61. The van der Waals surface area contributed by atoms with Crippen molar-refractivity contribution in [3.05, 3.63) is 24.3 Å². The Morgan fingerprint density at radius 2 is 1.50 bits per heavy atom. The van der Waals surface area contributed by atoms with Crippen LogP contribution in [0, 0.1) is 23.7 Å². The van der Waals surface area contributed by atoms with Crippen LogP contribution in [0.4, 0.5) is 0 Å². The van der Waals surface area contributed by atoms with Crippen LogP contribution in [0.15, 0.2) is 24.3 Å². The van der Waals surface area contributed by atoms with Gasteiger partial charge in [-0.25, -0.2) is 0 Å². The van der Waals surface area contributed by atoms with Gasteiger partial charge in [-0.05, 0) is 23.7 Å². The molecule has 1 saturated carbocycles. The fraction of sp³-hybridized carbons (Fsp3) is 0.556. The van der Waals surface area contributed by atoms with Crippen LogP contribution in [0.25, 0.3) is 0 Å². The number of rotatable bonds is 0. The number of allylic oxidation sites excluding steroid dienone is 4. The number of hydrogen-bond acceptors (Lipinski definition) is 0. The van der Waals surface area contributed by atoms with Crippen molar-refractivity contribution in [3.63, 3.8) is 0 Å². The minimum atomic E-state index is 0.407. The average molecular weight is 153 g/mol. The lowest BCUT2D eigenvalue weighted by Gasteiger charge is -2.42. The lowest BCUT2D eigenvalue weighted by atomic mass is 9.66. The third kappa shape index (κ3) is 0.402. The van der Waals surface area contributed by atoms with Gasteiger partial charge in [-0.1, -0.05) is 24.3 Å². The lowest BCUT2D eigenvalue weighted by molar-refractivity contribution is 0.168. The van der Waals surface area contributed by atoms with Crippen LogP contribution in [0.5, 0.6) is 0 Å². The van der Waals surface area contributed by atoms with Crippen LogP contribution in [-0.2, 0) is 0 Å². The summed E-state index contributed by atoms with van der Waals surface area (Å²) in [5.41, 5.74) is 0. The molecule has 1 fully saturated rings. The molecule has 3 aliphatic carbocycles. The van der Waals surface area contributed by atoms with Crippen LogP contribution < -0.4 is 0 Å². The van der Waals surface area contributed by atoms with E-state index < -0.39 is 0 Å². The molecule has 5 atom stereocenters. The fourth-order valence-corrected chi connectivity index (χ4v) is 3.11. The number of alkyl halides is 1. The number of halogens is 1. The highest BCUT2D eigenvalue weighted by Gasteiger charge is 2.54. The molecule has 3 aliphatic rings. The Kier molecular flexibility index (Phi) is 0.815. The van der Waals surface area contributed by atoms with E-state index in [0.29, 0.717) is 17.2 Å². The van der Waals surface area contributed by atoms with E-state index in [2.05, 4.69) is 24.3 Å². The first kappa shape index (κ1) is 5.42. The maximum atomic E-state index is 6.14. The summed E-state index contributed by atoms with van der Waals surface area (Å²) in [6.07, 6.45) is 9.22. The van der Waals surface area contributed by atoms with E-state index in [-0.39, 0.29) is 0 Å². The van der Waals surface area contributed by atoms with Crippen molar-refractivity contribution in [2.45, 2.75) is 5.38 Å². The molecule has 1 heteroatoms. The first-order valence-electron chi connectivity index (χ1n) is 3.88. The molecule has 10 heavy (non-hydrogen) atoms. The van der Waals surface area contributed by atoms with Gasteiger partial charge in [0.05, 0.1) is 0 Å². The van der Waals surface area contributed by atoms with Gasteiger partial charge in [-0.15, -0.1) is 11.6 Å². The first-order chi connectivity index (χ1) is 4.88. The summed E-state index contributed by atoms with van der Waals surface area (Å²) in [4.78, 5) is 0. The SMILES string of the molecule is ClC1[C@H]2C=CC3C=C[C@@H]1C32. The van der Waals surface area contributed by atoms with Gasteiger partial charge in [0, 0.05) is 5.38 Å². The molecule has 0 nitrogen and oxygen atoms in total. The molecule has 0 saturated heterocycles. The number of hydrogen-bond donors (Lipinski definition) is 0. The Morgan fingerprint density at radius 1 is 0.900 bits per heavy atom. The molecule has 0 N–H and O–H groups in total. The van der Waals surface area contributed by atoms with E-state index in [1.54, 1.807) is 0 Å². The van der Waals surface area contributed by atoms with Gasteiger partial charge in [0.15, 0.2) is 0 Å². The molecule has 0 aromatic rings. The zero-order valence-corrected chi connectivity index (χ0v) is 6.33. The predicted octanol–water partition coefficient (Wildman–Crippen LogP) is 2.21. The van der Waals surface area contributed by atoms with E-state index in [4.69, 9.17) is 11.6 Å². The Hall–Kier alpha value is -0.230. The summed E-state index contributed by atoms with van der Waals surface area (Å²) in [5.74, 6) is 3.01. The van der Waals surface area contributed by atoms with Gasteiger partial charge < -0.3 is 0 Å². The standard InChI is InChI=1S/C9H9Cl/c10-9-6-3-1-5-2-4-7(9)8(5)6/h1-9H/t5?,6-,7+,8?,9?. The highest BCUT2D eigenvalue weighted by molar-refractivity contribution is 6.22. The maximum Gasteiger partial charge on any atom is 0.0467 e.